The lowest BCUT2D eigenvalue weighted by molar-refractivity contribution is 0.0952. The molecule has 0 saturated carbocycles. The molecule has 1 fully saturated rings. The van der Waals surface area contributed by atoms with Crippen LogP contribution in [0.1, 0.15) is 127 Å². The molecule has 0 bridgehead atoms. The molecule has 2 heterocycles. The minimum absolute atomic E-state index is 0. The van der Waals surface area contributed by atoms with E-state index in [0.29, 0.717) is 24.1 Å². The van der Waals surface area contributed by atoms with Crippen molar-refractivity contribution >= 4 is 5.78 Å². The first-order valence-electron chi connectivity index (χ1n) is 15.3. The predicted octanol–water partition coefficient (Wildman–Crippen LogP) is 9.24. The van der Waals surface area contributed by atoms with Crippen molar-refractivity contribution in [3.63, 3.8) is 0 Å². The number of fused-ring (bicyclic) bond motifs is 1. The lowest BCUT2D eigenvalue weighted by Crippen LogP contribution is -2.18. The molecule has 1 aliphatic heterocycles. The zero-order chi connectivity index (χ0) is 26.5. The number of ether oxygens (including phenoxy) is 1. The Bertz CT molecular complexity index is 941. The lowest BCUT2D eigenvalue weighted by atomic mass is 9.80. The van der Waals surface area contributed by atoms with Gasteiger partial charge in [-0.15, -0.1) is 0 Å². The Balaban J connectivity index is 0.000000736. The largest absolute Gasteiger partial charge is 0.378 e. The first-order chi connectivity index (χ1) is 18.1. The molecule has 0 N–H and O–H groups in total. The van der Waals surface area contributed by atoms with Gasteiger partial charge in [-0.2, -0.15) is 0 Å². The smallest absolute Gasteiger partial charge is 0.181 e. The molecule has 37 heavy (non-hydrogen) atoms. The fourth-order valence-corrected chi connectivity index (χ4v) is 5.90. The average molecular weight is 510 g/mol. The third-order valence-corrected chi connectivity index (χ3v) is 8.43. The van der Waals surface area contributed by atoms with Gasteiger partial charge in [0.2, 0.25) is 0 Å². The maximum Gasteiger partial charge on any atom is 0.181 e. The number of Topliss-reactive ketones (excluding diaryl/α,β-unsaturated/α-hetero) is 1. The zero-order valence-corrected chi connectivity index (χ0v) is 24.1. The van der Waals surface area contributed by atoms with Gasteiger partial charge in [0, 0.05) is 22.1 Å². The molecule has 2 aliphatic rings. The second-order valence-electron chi connectivity index (χ2n) is 11.2. The summed E-state index contributed by atoms with van der Waals surface area (Å²) < 4.78 is 5.30. The highest BCUT2D eigenvalue weighted by molar-refractivity contribution is 5.94. The molecular formula is C34H55NO2. The lowest BCUT2D eigenvalue weighted by Gasteiger charge is -2.25. The van der Waals surface area contributed by atoms with Crippen molar-refractivity contribution in [1.29, 1.82) is 0 Å². The Morgan fingerprint density at radius 1 is 1.05 bits per heavy atom. The Kier molecular flexibility index (Phi) is 12.8. The van der Waals surface area contributed by atoms with Crippen LogP contribution in [0.5, 0.6) is 0 Å². The Morgan fingerprint density at radius 2 is 1.89 bits per heavy atom. The molecular weight excluding hydrogens is 454 g/mol. The van der Waals surface area contributed by atoms with Crippen LogP contribution in [0, 0.1) is 11.8 Å². The molecule has 2 aromatic rings. The summed E-state index contributed by atoms with van der Waals surface area (Å²) in [6, 6.07) is 11.0. The molecule has 1 saturated heterocycles. The van der Waals surface area contributed by atoms with Crippen LogP contribution in [0.2, 0.25) is 0 Å². The summed E-state index contributed by atoms with van der Waals surface area (Å²) in [7, 11) is 0. The van der Waals surface area contributed by atoms with E-state index < -0.39 is 0 Å². The van der Waals surface area contributed by atoms with Crippen LogP contribution in [-0.2, 0) is 30.4 Å². The van der Waals surface area contributed by atoms with Crippen molar-refractivity contribution in [2.45, 2.75) is 124 Å². The van der Waals surface area contributed by atoms with Crippen molar-refractivity contribution in [3.05, 3.63) is 64.5 Å². The fourth-order valence-electron chi connectivity index (χ4n) is 5.90. The minimum atomic E-state index is 0. The van der Waals surface area contributed by atoms with Crippen molar-refractivity contribution in [2.75, 3.05) is 6.61 Å². The third kappa shape index (κ3) is 9.67. The summed E-state index contributed by atoms with van der Waals surface area (Å²) >= 11 is 0. The molecule has 0 amide bonds. The number of rotatable bonds is 12. The van der Waals surface area contributed by atoms with Gasteiger partial charge < -0.3 is 4.74 Å². The van der Waals surface area contributed by atoms with Crippen LogP contribution in [0.25, 0.3) is 0 Å². The van der Waals surface area contributed by atoms with Gasteiger partial charge in [-0.3, -0.25) is 9.78 Å². The van der Waals surface area contributed by atoms with Crippen LogP contribution >= 0.6 is 0 Å². The first-order valence-corrected chi connectivity index (χ1v) is 15.3. The van der Waals surface area contributed by atoms with Crippen LogP contribution in [0.3, 0.4) is 0 Å². The average Bonchev–Trinajstić information content (AvgIpc) is 3.47. The van der Waals surface area contributed by atoms with E-state index in [-0.39, 0.29) is 8.64 Å². The van der Waals surface area contributed by atoms with Crippen LogP contribution in [0.15, 0.2) is 36.5 Å². The zero-order valence-electron chi connectivity index (χ0n) is 24.1. The van der Waals surface area contributed by atoms with Gasteiger partial charge in [0.15, 0.2) is 5.78 Å². The third-order valence-electron chi connectivity index (χ3n) is 8.43. The SMILES string of the molecule is CCCC(CC)CCCc1ccc2c(c1)CC[C@H](CC(=O)c1ccc(CC)cn1)C2.CC[C@@H]1CCCO1.[HH].[HH]. The molecule has 208 valence electrons. The van der Waals surface area contributed by atoms with Gasteiger partial charge in [-0.1, -0.05) is 77.6 Å². The van der Waals surface area contributed by atoms with E-state index in [1.165, 1.54) is 80.0 Å². The Morgan fingerprint density at radius 3 is 2.51 bits per heavy atom. The number of aromatic nitrogens is 1. The number of hydrogen-bond acceptors (Lipinski definition) is 3. The molecule has 3 nitrogen and oxygen atoms in total. The van der Waals surface area contributed by atoms with Crippen molar-refractivity contribution in [2.24, 2.45) is 11.8 Å². The molecule has 1 aliphatic carbocycles. The molecule has 3 atom stereocenters. The second-order valence-corrected chi connectivity index (χ2v) is 11.2. The monoisotopic (exact) mass is 509 g/mol. The maximum absolute atomic E-state index is 12.7. The molecule has 3 heteroatoms. The van der Waals surface area contributed by atoms with Crippen LogP contribution in [0.4, 0.5) is 0 Å². The predicted molar refractivity (Wildman–Crippen MR) is 160 cm³/mol. The van der Waals surface area contributed by atoms with E-state index in [2.05, 4.69) is 50.9 Å². The Labute approximate surface area is 229 Å². The van der Waals surface area contributed by atoms with Gasteiger partial charge in [-0.05, 0) is 97.9 Å². The number of pyridine rings is 1. The number of hydrogen-bond donors (Lipinski definition) is 0. The van der Waals surface area contributed by atoms with Crippen molar-refractivity contribution < 1.29 is 12.4 Å². The quantitative estimate of drug-likeness (QED) is 0.268. The summed E-state index contributed by atoms with van der Waals surface area (Å²) in [5.41, 5.74) is 6.28. The molecule has 1 aromatic carbocycles. The molecule has 0 radical (unpaired) electrons. The van der Waals surface area contributed by atoms with Gasteiger partial charge >= 0.3 is 0 Å². The van der Waals surface area contributed by atoms with Crippen LogP contribution in [-0.4, -0.2) is 23.5 Å². The molecule has 1 aromatic heterocycles. The van der Waals surface area contributed by atoms with Gasteiger partial charge in [0.25, 0.3) is 0 Å². The number of ketones is 1. The summed E-state index contributed by atoms with van der Waals surface area (Å²) in [5, 5.41) is 0. The van der Waals surface area contributed by atoms with E-state index in [4.69, 9.17) is 4.74 Å². The highest BCUT2D eigenvalue weighted by Crippen LogP contribution is 2.30. The first kappa shape index (κ1) is 29.6. The normalized spacial score (nSPS) is 19.6. The van der Waals surface area contributed by atoms with Crippen molar-refractivity contribution in [1.82, 2.24) is 4.98 Å². The van der Waals surface area contributed by atoms with E-state index in [1.54, 1.807) is 0 Å². The number of aryl methyl sites for hydroxylation is 3. The second kappa shape index (κ2) is 16.1. The molecule has 1 unspecified atom stereocenters. The van der Waals surface area contributed by atoms with Crippen LogP contribution < -0.4 is 0 Å². The summed E-state index contributed by atoms with van der Waals surface area (Å²) in [6.45, 7) is 9.91. The van der Waals surface area contributed by atoms with Gasteiger partial charge in [0.05, 0.1) is 6.10 Å². The molecule has 4 rings (SSSR count). The highest BCUT2D eigenvalue weighted by Gasteiger charge is 2.22. The minimum Gasteiger partial charge on any atom is -0.378 e. The van der Waals surface area contributed by atoms with E-state index in [1.807, 2.05) is 18.3 Å². The number of carbonyl (C=O) groups is 1. The number of benzene rings is 1. The topological polar surface area (TPSA) is 39.2 Å². The van der Waals surface area contributed by atoms with E-state index >= 15 is 0 Å². The number of nitrogens with zero attached hydrogens (tertiary/aromatic N) is 1. The maximum atomic E-state index is 12.7. The van der Waals surface area contributed by atoms with E-state index in [0.717, 1.165) is 38.2 Å². The fraction of sp³-hybridized carbons (Fsp3) is 0.647. The summed E-state index contributed by atoms with van der Waals surface area (Å²) in [6.07, 6.45) is 18.9. The standard InChI is InChI=1S/C28H39NO.C6H12O.2H2/c1-4-8-21(5-2)9-7-10-23-11-14-26-18-24(12-15-25(26)17-23)19-28(30)27-16-13-22(6-3)20-29-27;1-2-6-4-3-5-7-6;;/h11,13-14,16-17,20-21,24H,4-10,12,15,18-19H2,1-3H3;6H,2-5H2,1H3;2*1H/t21?,24-;6-;;/m01../s1. The van der Waals surface area contributed by atoms with Gasteiger partial charge in [-0.25, -0.2) is 0 Å². The van der Waals surface area contributed by atoms with Gasteiger partial charge in [0.1, 0.15) is 5.69 Å². The molecule has 0 spiro atoms. The Hall–Kier alpha value is -2.00. The highest BCUT2D eigenvalue weighted by atomic mass is 16.5. The van der Waals surface area contributed by atoms with Crippen molar-refractivity contribution in [3.8, 4) is 0 Å². The van der Waals surface area contributed by atoms with E-state index in [9.17, 15) is 4.79 Å². The summed E-state index contributed by atoms with van der Waals surface area (Å²) in [5.74, 6) is 1.54. The number of carbonyl (C=O) groups excluding carboxylic acids is 1. The summed E-state index contributed by atoms with van der Waals surface area (Å²) in [4.78, 5) is 17.0.